The minimum atomic E-state index is -0.931. The van der Waals surface area contributed by atoms with Crippen molar-refractivity contribution in [3.8, 4) is 11.5 Å². The summed E-state index contributed by atoms with van der Waals surface area (Å²) in [6.45, 7) is -0.515. The predicted molar refractivity (Wildman–Crippen MR) is 117 cm³/mol. The normalized spacial score (nSPS) is 16.0. The smallest absolute Gasteiger partial charge is 0.315 e. The van der Waals surface area contributed by atoms with Crippen molar-refractivity contribution in [3.63, 3.8) is 0 Å². The van der Waals surface area contributed by atoms with Crippen molar-refractivity contribution < 1.29 is 30.3 Å². The Bertz CT molecular complexity index is 1050. The number of esters is 1. The highest BCUT2D eigenvalue weighted by Crippen LogP contribution is 2.33. The van der Waals surface area contributed by atoms with Gasteiger partial charge in [-0.1, -0.05) is 18.2 Å². The fraction of sp³-hybridized carbons (Fsp3) is 0.400. The van der Waals surface area contributed by atoms with Crippen molar-refractivity contribution in [1.29, 1.82) is 0 Å². The lowest BCUT2D eigenvalue weighted by molar-refractivity contribution is -0.137. The van der Waals surface area contributed by atoms with Gasteiger partial charge >= 0.3 is 11.9 Å². The van der Waals surface area contributed by atoms with Gasteiger partial charge in [0, 0.05) is 35.7 Å². The molecule has 1 aliphatic heterocycles. The zero-order chi connectivity index (χ0) is 23.4. The lowest BCUT2D eigenvalue weighted by Crippen LogP contribution is -2.32. The van der Waals surface area contributed by atoms with Crippen molar-refractivity contribution in [2.24, 2.45) is 0 Å². The highest BCUT2D eigenvalue weighted by molar-refractivity contribution is 5.96. The monoisotopic (exact) mass is 438 g/mol. The van der Waals surface area contributed by atoms with Crippen LogP contribution in [-0.2, 0) is 22.5 Å². The van der Waals surface area contributed by atoms with Gasteiger partial charge in [0.25, 0.3) is 5.91 Å². The lowest BCUT2D eigenvalue weighted by Gasteiger charge is -2.24. The molecule has 0 aromatic heterocycles. The molecule has 32 heavy (non-hydrogen) atoms. The van der Waals surface area contributed by atoms with Gasteiger partial charge in [-0.15, -0.1) is 0 Å². The third-order valence-electron chi connectivity index (χ3n) is 5.53. The molecule has 1 heterocycles. The number of nitrogens with zero attached hydrogens (tertiary/aromatic N) is 1. The molecular weight excluding hydrogens is 410 g/mol. The van der Waals surface area contributed by atoms with Gasteiger partial charge in [-0.3, -0.25) is 14.4 Å². The van der Waals surface area contributed by atoms with E-state index in [4.69, 9.17) is 16.0 Å². The Labute approximate surface area is 188 Å². The molecule has 1 unspecified atom stereocenters. The van der Waals surface area contributed by atoms with Crippen molar-refractivity contribution in [2.75, 3.05) is 6.61 Å². The topological polar surface area (TPSA) is 93.1 Å². The number of hydrogen-bond acceptors (Lipinski definition) is 5. The maximum Gasteiger partial charge on any atom is 0.315 e. The Kier molecular flexibility index (Phi) is 6.32. The van der Waals surface area contributed by atoms with Crippen molar-refractivity contribution in [2.45, 2.75) is 57.5 Å². The Balaban J connectivity index is 1.46. The van der Waals surface area contributed by atoms with Crippen LogP contribution in [0.2, 0.25) is 0 Å². The quantitative estimate of drug-likeness (QED) is 0.324. The van der Waals surface area contributed by atoms with Gasteiger partial charge in [-0.25, -0.2) is 0 Å². The van der Waals surface area contributed by atoms with E-state index in [2.05, 4.69) is 0 Å². The molecular formula is C25H27NO6. The maximum atomic E-state index is 13.4. The second-order valence-electron chi connectivity index (χ2n) is 8.14. The Morgan fingerprint density at radius 3 is 2.75 bits per heavy atom. The van der Waals surface area contributed by atoms with Crippen LogP contribution in [0.5, 0.6) is 11.5 Å². The fourth-order valence-electron chi connectivity index (χ4n) is 3.70. The minimum absolute atomic E-state index is 0.00443. The van der Waals surface area contributed by atoms with Gasteiger partial charge in [-0.05, 0) is 56.4 Å². The van der Waals surface area contributed by atoms with Crippen LogP contribution in [0.15, 0.2) is 42.5 Å². The number of benzene rings is 2. The van der Waals surface area contributed by atoms with Crippen molar-refractivity contribution in [1.82, 2.24) is 4.90 Å². The Hall–Kier alpha value is -3.35. The summed E-state index contributed by atoms with van der Waals surface area (Å²) in [5.74, 6) is -0.337. The second kappa shape index (κ2) is 9.85. The molecule has 1 atom stereocenters. The summed E-state index contributed by atoms with van der Waals surface area (Å²) < 4.78 is 20.0. The number of fused-ring (bicyclic) bond motifs is 1. The molecule has 0 saturated heterocycles. The van der Waals surface area contributed by atoms with Crippen LogP contribution in [0.4, 0.5) is 0 Å². The number of carbonyl (C=O) groups is 3. The van der Waals surface area contributed by atoms with Crippen LogP contribution < -0.4 is 9.47 Å². The summed E-state index contributed by atoms with van der Waals surface area (Å²) in [7, 11) is 0. The summed E-state index contributed by atoms with van der Waals surface area (Å²) >= 11 is 0. The van der Waals surface area contributed by atoms with Crippen molar-refractivity contribution in [3.05, 3.63) is 59.2 Å². The van der Waals surface area contributed by atoms with Crippen LogP contribution in [0.3, 0.4) is 0 Å². The first-order valence-corrected chi connectivity index (χ1v) is 11.0. The number of carboxylic acid groups (broad SMARTS) is 1. The molecule has 7 nitrogen and oxygen atoms in total. The molecule has 4 rings (SSSR count). The first-order chi connectivity index (χ1) is 15.9. The van der Waals surface area contributed by atoms with E-state index in [0.29, 0.717) is 47.6 Å². The summed E-state index contributed by atoms with van der Waals surface area (Å²) in [4.78, 5) is 37.2. The van der Waals surface area contributed by atoms with E-state index in [9.17, 15) is 14.4 Å². The van der Waals surface area contributed by atoms with Crippen LogP contribution in [0.25, 0.3) is 0 Å². The van der Waals surface area contributed by atoms with Gasteiger partial charge in [0.1, 0.15) is 11.5 Å². The number of carboxylic acids is 1. The van der Waals surface area contributed by atoms with E-state index in [1.807, 2.05) is 12.1 Å². The minimum Gasteiger partial charge on any atom is -0.493 e. The van der Waals surface area contributed by atoms with Gasteiger partial charge in [0.15, 0.2) is 0 Å². The molecule has 1 N–H and O–H groups in total. The fourth-order valence-corrected chi connectivity index (χ4v) is 3.70. The number of para-hydroxylation sites is 1. The van der Waals surface area contributed by atoms with E-state index in [1.54, 1.807) is 35.2 Å². The first kappa shape index (κ1) is 20.5. The molecule has 1 saturated carbocycles. The van der Waals surface area contributed by atoms with E-state index in [0.717, 1.165) is 19.3 Å². The molecule has 1 amide bonds. The molecule has 168 valence electrons. The highest BCUT2D eigenvalue weighted by atomic mass is 16.5. The number of amides is 1. The van der Waals surface area contributed by atoms with Gasteiger partial charge in [0.05, 0.1) is 14.4 Å². The lowest BCUT2D eigenvalue weighted by atomic mass is 10.1. The average Bonchev–Trinajstić information content (AvgIpc) is 3.55. The van der Waals surface area contributed by atoms with Gasteiger partial charge in [-0.2, -0.15) is 0 Å². The van der Waals surface area contributed by atoms with Crippen molar-refractivity contribution >= 4 is 17.8 Å². The summed E-state index contributed by atoms with van der Waals surface area (Å²) in [6, 6.07) is 12.2. The molecule has 2 aromatic rings. The average molecular weight is 438 g/mol. The van der Waals surface area contributed by atoms with Gasteiger partial charge < -0.3 is 19.5 Å². The number of rotatable bonds is 11. The third kappa shape index (κ3) is 5.46. The standard InChI is InChI=1S/C25H27NO6/c27-23(28)8-2-1-5-13-31-21-7-4-3-6-18(21)16-26(20-10-11-20)25(30)17-9-12-22-19(14-17)15-24(29)32-22/h3-4,6-7,9,12,14,20H,1-2,5,8,10-11,13,15-16H2,(H,27,28)/i16D. The molecule has 1 fully saturated rings. The number of aliphatic carboxylic acids is 1. The maximum absolute atomic E-state index is 13.4. The highest BCUT2D eigenvalue weighted by Gasteiger charge is 2.34. The summed E-state index contributed by atoms with van der Waals surface area (Å²) in [5.41, 5.74) is 1.74. The van der Waals surface area contributed by atoms with Crippen LogP contribution >= 0.6 is 0 Å². The van der Waals surface area contributed by atoms with E-state index >= 15 is 0 Å². The first-order valence-electron chi connectivity index (χ1n) is 11.5. The molecule has 0 bridgehead atoms. The number of unbranched alkanes of at least 4 members (excludes halogenated alkanes) is 2. The summed E-state index contributed by atoms with van der Waals surface area (Å²) in [5, 5.41) is 8.73. The summed E-state index contributed by atoms with van der Waals surface area (Å²) in [6.07, 6.45) is 4.05. The molecule has 0 radical (unpaired) electrons. The zero-order valence-corrected chi connectivity index (χ0v) is 17.8. The second-order valence-corrected chi connectivity index (χ2v) is 8.14. The molecule has 0 spiro atoms. The Morgan fingerprint density at radius 1 is 1.16 bits per heavy atom. The number of carbonyl (C=O) groups excluding carboxylic acids is 2. The van der Waals surface area contributed by atoms with Crippen LogP contribution in [0, 0.1) is 0 Å². The SMILES string of the molecule is [2H]C(c1ccccc1OCCCCCC(=O)O)N(C(=O)c1ccc2c(c1)CC(=O)O2)C1CC1. The molecule has 2 aromatic carbocycles. The van der Waals surface area contributed by atoms with E-state index in [-0.39, 0.29) is 30.8 Å². The Morgan fingerprint density at radius 2 is 1.97 bits per heavy atom. The number of hydrogen-bond donors (Lipinski definition) is 1. The molecule has 2 aliphatic rings. The van der Waals surface area contributed by atoms with Crippen LogP contribution in [-0.4, -0.2) is 40.5 Å². The zero-order valence-electron chi connectivity index (χ0n) is 18.8. The molecule has 7 heteroatoms. The van der Waals surface area contributed by atoms with Gasteiger partial charge in [0.2, 0.25) is 0 Å². The number of ether oxygens (including phenoxy) is 2. The predicted octanol–water partition coefficient (Wildman–Crippen LogP) is 3.98. The third-order valence-corrected chi connectivity index (χ3v) is 5.53. The van der Waals surface area contributed by atoms with Crippen LogP contribution in [0.1, 0.15) is 61.4 Å². The molecule has 1 aliphatic carbocycles. The van der Waals surface area contributed by atoms with E-state index < -0.39 is 12.5 Å². The van der Waals surface area contributed by atoms with E-state index in [1.165, 1.54) is 0 Å². The largest absolute Gasteiger partial charge is 0.493 e.